The topological polar surface area (TPSA) is 182 Å². The van der Waals surface area contributed by atoms with Gasteiger partial charge in [0.15, 0.2) is 5.82 Å². The summed E-state index contributed by atoms with van der Waals surface area (Å²) in [5.74, 6) is -5.62. The van der Waals surface area contributed by atoms with E-state index in [1.54, 1.807) is 48.6 Å². The van der Waals surface area contributed by atoms with E-state index in [1.165, 1.54) is 43.4 Å². The van der Waals surface area contributed by atoms with Crippen molar-refractivity contribution in [2.75, 3.05) is 43.2 Å². The van der Waals surface area contributed by atoms with Gasteiger partial charge in [-0.15, -0.1) is 0 Å². The first kappa shape index (κ1) is 47.9. The highest BCUT2D eigenvalue weighted by molar-refractivity contribution is 7.91. The molecule has 0 saturated heterocycles. The zero-order valence-electron chi connectivity index (χ0n) is 34.8. The van der Waals surface area contributed by atoms with Crippen molar-refractivity contribution in [3.05, 3.63) is 83.3 Å². The number of aromatic nitrogens is 1. The first-order chi connectivity index (χ1) is 28.3. The zero-order chi connectivity index (χ0) is 45.6. The number of hydrogen-bond donors (Lipinski definition) is 3. The largest absolute Gasteiger partial charge is 0.487 e. The van der Waals surface area contributed by atoms with Crippen molar-refractivity contribution in [1.82, 2.24) is 15.2 Å². The van der Waals surface area contributed by atoms with Gasteiger partial charge < -0.3 is 35.5 Å². The van der Waals surface area contributed by atoms with Crippen molar-refractivity contribution in [2.24, 2.45) is 0 Å². The fourth-order valence-corrected chi connectivity index (χ4v) is 6.90. The van der Waals surface area contributed by atoms with E-state index < -0.39 is 81.2 Å². The minimum Gasteiger partial charge on any atom is -0.487 e. The Labute approximate surface area is 350 Å². The van der Waals surface area contributed by atoms with E-state index in [2.05, 4.69) is 15.6 Å². The Hall–Kier alpha value is -5.76. The number of nitrogens with zero attached hydrogens (tertiary/aromatic N) is 3. The summed E-state index contributed by atoms with van der Waals surface area (Å²) in [6.45, 7) is 8.42. The number of ether oxygens (including phenoxy) is 3. The number of hydrogen-bond acceptors (Lipinski definition) is 12. The quantitative estimate of drug-likeness (QED) is 0.0778. The highest BCUT2D eigenvalue weighted by atomic mass is 32.2. The van der Waals surface area contributed by atoms with Gasteiger partial charge in [-0.05, 0) is 127 Å². The second-order valence-corrected chi connectivity index (χ2v) is 17.7. The number of alkyl halides is 4. The smallest absolute Gasteiger partial charge is 0.425 e. The molecule has 20 heteroatoms. The fraction of sp³-hybridized carbons (Fsp3) is 0.415. The standard InChI is InChI=1S/C41H49F5N6O8S/c1-40(2,3)59-38(54)52(39(55)60-41(4,5)6)35-28-12-11-27(19-29(28)30(42)20-49-35)50-34(24-9-13-31(58-22-33(43)44)23(17-24)15-16-48-7)36(53)51(8)21-25-18-26(47)10-14-32(25)61(56,57)37(45)46/h9-14,17-20,33-34,37,48,50H,15-16,21-22,47H2,1-8H3. The Morgan fingerprint density at radius 3 is 2.08 bits per heavy atom. The Kier molecular flexibility index (Phi) is 15.2. The van der Waals surface area contributed by atoms with Crippen LogP contribution < -0.4 is 26.0 Å². The molecule has 0 bridgehead atoms. The molecule has 3 amide bonds. The minimum atomic E-state index is -5.13. The molecule has 1 atom stereocenters. The van der Waals surface area contributed by atoms with Gasteiger partial charge in [0.25, 0.3) is 6.43 Å². The van der Waals surface area contributed by atoms with Gasteiger partial charge in [0.1, 0.15) is 35.4 Å². The third-order valence-electron chi connectivity index (χ3n) is 8.58. The average Bonchev–Trinajstić information content (AvgIpc) is 3.14. The highest BCUT2D eigenvalue weighted by Gasteiger charge is 2.36. The van der Waals surface area contributed by atoms with Crippen LogP contribution in [0.3, 0.4) is 0 Å². The number of fused-ring (bicyclic) bond motifs is 1. The van der Waals surface area contributed by atoms with Gasteiger partial charge >= 0.3 is 17.9 Å². The van der Waals surface area contributed by atoms with E-state index in [0.717, 1.165) is 29.3 Å². The number of carbonyl (C=O) groups is 3. The van der Waals surface area contributed by atoms with Crippen LogP contribution in [-0.4, -0.2) is 87.0 Å². The predicted molar refractivity (Wildman–Crippen MR) is 219 cm³/mol. The molecule has 4 N–H and O–H groups in total. The van der Waals surface area contributed by atoms with Crippen molar-refractivity contribution in [1.29, 1.82) is 0 Å². The van der Waals surface area contributed by atoms with E-state index in [0.29, 0.717) is 17.0 Å². The molecule has 0 aliphatic rings. The third-order valence-corrected chi connectivity index (χ3v) is 10.1. The molecule has 4 aromatic rings. The van der Waals surface area contributed by atoms with Crippen LogP contribution in [0.1, 0.15) is 64.3 Å². The van der Waals surface area contributed by atoms with Gasteiger partial charge in [0, 0.05) is 35.7 Å². The number of carbonyl (C=O) groups excluding carboxylic acids is 3. The number of imide groups is 1. The molecule has 332 valence electrons. The van der Waals surface area contributed by atoms with Crippen LogP contribution in [-0.2, 0) is 37.1 Å². The number of benzene rings is 3. The fourth-order valence-electron chi connectivity index (χ4n) is 5.96. The summed E-state index contributed by atoms with van der Waals surface area (Å²) in [5.41, 5.74) is 4.38. The maximum absolute atomic E-state index is 15.7. The third kappa shape index (κ3) is 12.4. The van der Waals surface area contributed by atoms with Gasteiger partial charge in [0.2, 0.25) is 15.7 Å². The maximum atomic E-state index is 15.7. The number of nitrogens with two attached hydrogens (primary N) is 1. The first-order valence-corrected chi connectivity index (χ1v) is 20.3. The molecule has 0 fully saturated rings. The van der Waals surface area contributed by atoms with Gasteiger partial charge in [0.05, 0.1) is 11.1 Å². The molecule has 1 heterocycles. The maximum Gasteiger partial charge on any atom is 0.425 e. The molecule has 61 heavy (non-hydrogen) atoms. The molecule has 4 rings (SSSR count). The van der Waals surface area contributed by atoms with E-state index in [9.17, 15) is 40.4 Å². The monoisotopic (exact) mass is 880 g/mol. The number of nitrogens with one attached hydrogen (secondary N) is 2. The lowest BCUT2D eigenvalue weighted by Gasteiger charge is -2.29. The number of rotatable bonds is 15. The Morgan fingerprint density at radius 2 is 1.51 bits per heavy atom. The molecule has 3 aromatic carbocycles. The van der Waals surface area contributed by atoms with Gasteiger partial charge in [-0.3, -0.25) is 4.79 Å². The lowest BCUT2D eigenvalue weighted by molar-refractivity contribution is -0.131. The number of likely N-dealkylation sites (N-methyl/N-ethyl adjacent to an activating group) is 2. The molecule has 0 spiro atoms. The van der Waals surface area contributed by atoms with Crippen LogP contribution in [0.2, 0.25) is 0 Å². The SMILES string of the molecule is CNCCc1cc(C(Nc2ccc3c(N(C(=O)OC(C)(C)C)C(=O)OC(C)(C)C)ncc(F)c3c2)C(=O)N(C)Cc2cc(N)ccc2S(=O)(=O)C(F)F)ccc1OCC(F)F. The lowest BCUT2D eigenvalue weighted by atomic mass is 9.99. The molecule has 0 aliphatic heterocycles. The number of nitrogen functional groups attached to an aromatic ring is 1. The van der Waals surface area contributed by atoms with E-state index in [4.69, 9.17) is 19.9 Å². The molecule has 14 nitrogen and oxygen atoms in total. The van der Waals surface area contributed by atoms with Crippen LogP contribution in [0.25, 0.3) is 10.8 Å². The van der Waals surface area contributed by atoms with Crippen LogP contribution in [0.5, 0.6) is 5.75 Å². The average molecular weight is 881 g/mol. The Morgan fingerprint density at radius 1 is 0.869 bits per heavy atom. The minimum absolute atomic E-state index is 0.0356. The zero-order valence-corrected chi connectivity index (χ0v) is 35.6. The van der Waals surface area contributed by atoms with Crippen LogP contribution in [0.4, 0.5) is 48.7 Å². The Balaban J connectivity index is 1.87. The van der Waals surface area contributed by atoms with Crippen molar-refractivity contribution in [2.45, 2.75) is 88.8 Å². The van der Waals surface area contributed by atoms with Crippen LogP contribution in [0, 0.1) is 5.82 Å². The summed E-state index contributed by atoms with van der Waals surface area (Å²) in [6, 6.07) is 10.2. The van der Waals surface area contributed by atoms with E-state index in [-0.39, 0.29) is 51.3 Å². The molecule has 0 radical (unpaired) electrons. The molecule has 1 unspecified atom stereocenters. The number of sulfone groups is 1. The van der Waals surface area contributed by atoms with E-state index >= 15 is 4.39 Å². The van der Waals surface area contributed by atoms with Crippen molar-refractivity contribution in [3.63, 3.8) is 0 Å². The molecular formula is C41H49F5N6O8S. The molecule has 1 aromatic heterocycles. The second-order valence-electron chi connectivity index (χ2n) is 15.9. The van der Waals surface area contributed by atoms with Crippen LogP contribution in [0.15, 0.2) is 65.7 Å². The van der Waals surface area contributed by atoms with E-state index in [1.807, 2.05) is 0 Å². The number of halogens is 5. The lowest BCUT2D eigenvalue weighted by Crippen LogP contribution is -2.44. The van der Waals surface area contributed by atoms with Crippen molar-refractivity contribution < 1.29 is 59.0 Å². The summed E-state index contributed by atoms with van der Waals surface area (Å²) in [7, 11) is -2.16. The molecule has 0 saturated carbocycles. The molecule has 0 aliphatic carbocycles. The highest BCUT2D eigenvalue weighted by Crippen LogP contribution is 2.34. The second kappa shape index (κ2) is 19.3. The first-order valence-electron chi connectivity index (χ1n) is 18.8. The number of amides is 3. The summed E-state index contributed by atoms with van der Waals surface area (Å²) < 4.78 is 111. The normalized spacial score (nSPS) is 12.6. The van der Waals surface area contributed by atoms with Crippen molar-refractivity contribution in [3.8, 4) is 5.75 Å². The summed E-state index contributed by atoms with van der Waals surface area (Å²) >= 11 is 0. The molecular weight excluding hydrogens is 832 g/mol. The number of anilines is 3. The summed E-state index contributed by atoms with van der Waals surface area (Å²) in [6.07, 6.45) is -4.05. The van der Waals surface area contributed by atoms with Gasteiger partial charge in [-0.1, -0.05) is 6.07 Å². The summed E-state index contributed by atoms with van der Waals surface area (Å²) in [5, 5.41) is 5.80. The Bertz CT molecular complexity index is 2330. The summed E-state index contributed by atoms with van der Waals surface area (Å²) in [4.78, 5) is 46.3. The number of pyridine rings is 1. The predicted octanol–water partition coefficient (Wildman–Crippen LogP) is 7.85. The van der Waals surface area contributed by atoms with Gasteiger partial charge in [-0.2, -0.15) is 13.7 Å². The van der Waals surface area contributed by atoms with Crippen molar-refractivity contribution >= 4 is 55.9 Å². The van der Waals surface area contributed by atoms with Crippen LogP contribution >= 0.6 is 0 Å². The van der Waals surface area contributed by atoms with Gasteiger partial charge in [-0.25, -0.2) is 36.2 Å².